The van der Waals surface area contributed by atoms with Gasteiger partial charge in [0.2, 0.25) is 0 Å². The minimum Gasteiger partial charge on any atom is -0.465 e. The first-order valence-electron chi connectivity index (χ1n) is 5.07. The van der Waals surface area contributed by atoms with Crippen LogP contribution < -0.4 is 5.32 Å². The zero-order valence-corrected chi connectivity index (χ0v) is 9.78. The summed E-state index contributed by atoms with van der Waals surface area (Å²) in [5.74, 6) is 0. The fourth-order valence-electron chi connectivity index (χ4n) is 1.39. The van der Waals surface area contributed by atoms with Crippen LogP contribution in [0.5, 0.6) is 0 Å². The van der Waals surface area contributed by atoms with Crippen molar-refractivity contribution in [1.82, 2.24) is 0 Å². The Bertz CT molecular complexity index is 514. The second-order valence-electron chi connectivity index (χ2n) is 3.37. The summed E-state index contributed by atoms with van der Waals surface area (Å²) in [4.78, 5) is 12.6. The maximum atomic E-state index is 10.5. The lowest BCUT2D eigenvalue weighted by Crippen LogP contribution is -2.06. The third kappa shape index (κ3) is 3.53. The monoisotopic (exact) mass is 245 g/mol. The molecule has 0 aliphatic rings. The van der Waals surface area contributed by atoms with Crippen molar-refractivity contribution < 1.29 is 9.90 Å². The Morgan fingerprint density at radius 1 is 1.00 bits per heavy atom. The lowest BCUT2D eigenvalue weighted by atomic mass is 10.3. The molecule has 2 rings (SSSR count). The van der Waals surface area contributed by atoms with E-state index >= 15 is 0 Å². The van der Waals surface area contributed by atoms with E-state index in [1.165, 1.54) is 0 Å². The Balaban J connectivity index is 2.14. The van der Waals surface area contributed by atoms with Gasteiger partial charge in [0.25, 0.3) is 0 Å². The molecule has 0 bridgehead atoms. The summed E-state index contributed by atoms with van der Waals surface area (Å²) in [7, 11) is 0. The van der Waals surface area contributed by atoms with Crippen LogP contribution in [0.25, 0.3) is 0 Å². The second kappa shape index (κ2) is 5.41. The van der Waals surface area contributed by atoms with Crippen molar-refractivity contribution in [2.75, 3.05) is 5.32 Å². The molecule has 17 heavy (non-hydrogen) atoms. The smallest absolute Gasteiger partial charge is 0.409 e. The van der Waals surface area contributed by atoms with Crippen molar-refractivity contribution >= 4 is 23.5 Å². The molecule has 0 aliphatic heterocycles. The number of hydrogen-bond acceptors (Lipinski definition) is 2. The van der Waals surface area contributed by atoms with Crippen molar-refractivity contribution in [3.63, 3.8) is 0 Å². The third-order valence-electron chi connectivity index (χ3n) is 2.06. The Kier molecular flexibility index (Phi) is 3.67. The van der Waals surface area contributed by atoms with Crippen molar-refractivity contribution in [1.29, 1.82) is 0 Å². The van der Waals surface area contributed by atoms with Crippen LogP contribution in [0.1, 0.15) is 0 Å². The highest BCUT2D eigenvalue weighted by Crippen LogP contribution is 2.28. The number of carboxylic acid groups (broad SMARTS) is 1. The van der Waals surface area contributed by atoms with Crippen LogP contribution in [-0.4, -0.2) is 11.2 Å². The van der Waals surface area contributed by atoms with E-state index in [0.717, 1.165) is 9.79 Å². The van der Waals surface area contributed by atoms with Crippen molar-refractivity contribution in [2.24, 2.45) is 0 Å². The minimum absolute atomic E-state index is 0.582. The SMILES string of the molecule is O=C(O)Nc1cccc(Sc2ccccc2)c1. The molecule has 0 unspecified atom stereocenters. The molecular formula is C13H11NO2S. The molecule has 0 fully saturated rings. The molecule has 1 amide bonds. The molecule has 0 saturated carbocycles. The lowest BCUT2D eigenvalue weighted by molar-refractivity contribution is 0.209. The Labute approximate surface area is 103 Å². The average molecular weight is 245 g/mol. The van der Waals surface area contributed by atoms with Crippen molar-refractivity contribution in [3.8, 4) is 0 Å². The molecule has 4 heteroatoms. The standard InChI is InChI=1S/C13H11NO2S/c15-13(16)14-10-5-4-8-12(9-10)17-11-6-2-1-3-7-11/h1-9,14H,(H,15,16). The highest BCUT2D eigenvalue weighted by molar-refractivity contribution is 7.99. The molecule has 0 heterocycles. The maximum Gasteiger partial charge on any atom is 0.409 e. The molecule has 2 aromatic carbocycles. The van der Waals surface area contributed by atoms with E-state index in [2.05, 4.69) is 5.32 Å². The molecule has 0 radical (unpaired) electrons. The first-order valence-corrected chi connectivity index (χ1v) is 5.88. The lowest BCUT2D eigenvalue weighted by Gasteiger charge is -2.04. The fourth-order valence-corrected chi connectivity index (χ4v) is 2.28. The van der Waals surface area contributed by atoms with E-state index in [9.17, 15) is 4.79 Å². The number of anilines is 1. The molecule has 0 aliphatic carbocycles. The summed E-state index contributed by atoms with van der Waals surface area (Å²) < 4.78 is 0. The number of carbonyl (C=O) groups is 1. The van der Waals surface area contributed by atoms with Gasteiger partial charge in [-0.3, -0.25) is 5.32 Å². The molecular weight excluding hydrogens is 234 g/mol. The Morgan fingerprint density at radius 2 is 1.71 bits per heavy atom. The van der Waals surface area contributed by atoms with Crippen LogP contribution in [0.15, 0.2) is 64.4 Å². The fraction of sp³-hybridized carbons (Fsp3) is 0. The van der Waals surface area contributed by atoms with Gasteiger partial charge in [0.1, 0.15) is 0 Å². The van der Waals surface area contributed by atoms with E-state index in [-0.39, 0.29) is 0 Å². The highest BCUT2D eigenvalue weighted by atomic mass is 32.2. The van der Waals surface area contributed by atoms with E-state index in [1.807, 2.05) is 48.5 Å². The largest absolute Gasteiger partial charge is 0.465 e. The van der Waals surface area contributed by atoms with Gasteiger partial charge in [-0.25, -0.2) is 4.79 Å². The summed E-state index contributed by atoms with van der Waals surface area (Å²) in [5, 5.41) is 11.0. The van der Waals surface area contributed by atoms with Gasteiger partial charge in [-0.2, -0.15) is 0 Å². The van der Waals surface area contributed by atoms with Crippen LogP contribution in [0.3, 0.4) is 0 Å². The summed E-state index contributed by atoms with van der Waals surface area (Å²) in [6, 6.07) is 17.3. The minimum atomic E-state index is -1.05. The quantitative estimate of drug-likeness (QED) is 0.861. The van der Waals surface area contributed by atoms with E-state index in [0.29, 0.717) is 5.69 Å². The number of nitrogens with one attached hydrogen (secondary N) is 1. The Morgan fingerprint density at radius 3 is 2.41 bits per heavy atom. The number of amides is 1. The van der Waals surface area contributed by atoms with Gasteiger partial charge in [0.05, 0.1) is 0 Å². The van der Waals surface area contributed by atoms with Crippen molar-refractivity contribution in [2.45, 2.75) is 9.79 Å². The zero-order valence-electron chi connectivity index (χ0n) is 8.96. The molecule has 2 N–H and O–H groups in total. The predicted molar refractivity (Wildman–Crippen MR) is 68.7 cm³/mol. The normalized spacial score (nSPS) is 9.88. The van der Waals surface area contributed by atoms with Crippen LogP contribution >= 0.6 is 11.8 Å². The highest BCUT2D eigenvalue weighted by Gasteiger charge is 2.00. The summed E-state index contributed by atoms with van der Waals surface area (Å²) in [6.07, 6.45) is -1.05. The van der Waals surface area contributed by atoms with Crippen molar-refractivity contribution in [3.05, 3.63) is 54.6 Å². The van der Waals surface area contributed by atoms with E-state index < -0.39 is 6.09 Å². The molecule has 2 aromatic rings. The predicted octanol–water partition coefficient (Wildman–Crippen LogP) is 3.93. The van der Waals surface area contributed by atoms with Crippen LogP contribution in [-0.2, 0) is 0 Å². The number of rotatable bonds is 3. The van der Waals surface area contributed by atoms with E-state index in [1.54, 1.807) is 17.8 Å². The van der Waals surface area contributed by atoms with Gasteiger partial charge in [0, 0.05) is 15.5 Å². The molecule has 3 nitrogen and oxygen atoms in total. The van der Waals surface area contributed by atoms with Gasteiger partial charge in [0.15, 0.2) is 0 Å². The zero-order chi connectivity index (χ0) is 12.1. The first kappa shape index (κ1) is 11.5. The molecule has 0 atom stereocenters. The van der Waals surface area contributed by atoms with Gasteiger partial charge in [-0.15, -0.1) is 0 Å². The number of benzene rings is 2. The Hall–Kier alpha value is -1.94. The molecule has 0 spiro atoms. The van der Waals surface area contributed by atoms with E-state index in [4.69, 9.17) is 5.11 Å². The summed E-state index contributed by atoms with van der Waals surface area (Å²) in [6.45, 7) is 0. The second-order valence-corrected chi connectivity index (χ2v) is 4.52. The van der Waals surface area contributed by atoms with Gasteiger partial charge in [-0.1, -0.05) is 36.0 Å². The van der Waals surface area contributed by atoms with Crippen LogP contribution in [0, 0.1) is 0 Å². The topological polar surface area (TPSA) is 49.3 Å². The molecule has 0 saturated heterocycles. The van der Waals surface area contributed by atoms with Gasteiger partial charge in [-0.05, 0) is 30.3 Å². The third-order valence-corrected chi connectivity index (χ3v) is 3.06. The van der Waals surface area contributed by atoms with Gasteiger partial charge >= 0.3 is 6.09 Å². The summed E-state index contributed by atoms with van der Waals surface area (Å²) in [5.41, 5.74) is 0.582. The maximum absolute atomic E-state index is 10.5. The van der Waals surface area contributed by atoms with Crippen LogP contribution in [0.4, 0.5) is 10.5 Å². The van der Waals surface area contributed by atoms with Gasteiger partial charge < -0.3 is 5.11 Å². The first-order chi connectivity index (χ1) is 8.24. The summed E-state index contributed by atoms with van der Waals surface area (Å²) >= 11 is 1.60. The molecule has 0 aromatic heterocycles. The molecule has 86 valence electrons. The average Bonchev–Trinajstić information content (AvgIpc) is 2.30. The number of hydrogen-bond donors (Lipinski definition) is 2. The van der Waals surface area contributed by atoms with Crippen LogP contribution in [0.2, 0.25) is 0 Å².